The first-order valence-electron chi connectivity index (χ1n) is 3.98. The Morgan fingerprint density at radius 1 is 1.29 bits per heavy atom. The van der Waals surface area contributed by atoms with E-state index in [2.05, 4.69) is 4.98 Å². The number of hydrogen-bond donors (Lipinski definition) is 1. The number of aromatic nitrogens is 1. The molecule has 0 spiro atoms. The molecule has 2 nitrogen and oxygen atoms in total. The smallest absolute Gasteiger partial charge is 0.384 e. The van der Waals surface area contributed by atoms with Crippen LogP contribution in [0.25, 0.3) is 0 Å². The van der Waals surface area contributed by atoms with Gasteiger partial charge in [0, 0.05) is 6.20 Å². The van der Waals surface area contributed by atoms with Crippen molar-refractivity contribution < 1.29 is 18.3 Å². The van der Waals surface area contributed by atoms with Crippen molar-refractivity contribution >= 4 is 0 Å². The van der Waals surface area contributed by atoms with E-state index < -0.39 is 17.3 Å². The molecule has 1 rings (SSSR count). The molecule has 0 saturated heterocycles. The van der Waals surface area contributed by atoms with Gasteiger partial charge in [-0.1, -0.05) is 0 Å². The van der Waals surface area contributed by atoms with Gasteiger partial charge in [-0.2, -0.15) is 13.2 Å². The SMILES string of the molecule is CC(C)(O)c1ncccc1C(F)(F)F. The lowest BCUT2D eigenvalue weighted by Gasteiger charge is -2.21. The fraction of sp³-hybridized carbons (Fsp3) is 0.444. The standard InChI is InChI=1S/C9H10F3NO/c1-8(2,14)7-6(9(10,11)12)4-3-5-13-7/h3-5,14H,1-2H3. The van der Waals surface area contributed by atoms with E-state index in [1.165, 1.54) is 26.1 Å². The van der Waals surface area contributed by atoms with Crippen LogP contribution in [0.5, 0.6) is 0 Å². The molecule has 0 unspecified atom stereocenters. The van der Waals surface area contributed by atoms with Gasteiger partial charge in [-0.25, -0.2) is 0 Å². The van der Waals surface area contributed by atoms with Gasteiger partial charge >= 0.3 is 6.18 Å². The molecule has 0 atom stereocenters. The van der Waals surface area contributed by atoms with Crippen molar-refractivity contribution in [3.05, 3.63) is 29.6 Å². The average Bonchev–Trinajstić information content (AvgIpc) is 2.01. The van der Waals surface area contributed by atoms with Gasteiger partial charge in [-0.05, 0) is 26.0 Å². The van der Waals surface area contributed by atoms with Crippen molar-refractivity contribution in [2.24, 2.45) is 0 Å². The van der Waals surface area contributed by atoms with Crippen LogP contribution in [0.3, 0.4) is 0 Å². The molecular formula is C9H10F3NO. The molecule has 0 saturated carbocycles. The van der Waals surface area contributed by atoms with E-state index >= 15 is 0 Å². The Hall–Kier alpha value is -1.10. The molecule has 0 aliphatic carbocycles. The first kappa shape index (κ1) is 11.0. The van der Waals surface area contributed by atoms with E-state index in [1.807, 2.05) is 0 Å². The Bertz CT molecular complexity index is 295. The summed E-state index contributed by atoms with van der Waals surface area (Å²) in [4.78, 5) is 3.55. The van der Waals surface area contributed by atoms with Gasteiger partial charge in [0.25, 0.3) is 0 Å². The summed E-state index contributed by atoms with van der Waals surface area (Å²) in [6, 6.07) is 2.10. The number of pyridine rings is 1. The Balaban J connectivity index is 3.31. The summed E-state index contributed by atoms with van der Waals surface area (Å²) in [6.45, 7) is 2.54. The third-order valence-electron chi connectivity index (χ3n) is 1.69. The lowest BCUT2D eigenvalue weighted by molar-refractivity contribution is -0.140. The van der Waals surface area contributed by atoms with Gasteiger partial charge in [0.2, 0.25) is 0 Å². The van der Waals surface area contributed by atoms with Gasteiger partial charge in [-0.15, -0.1) is 0 Å². The minimum atomic E-state index is -4.48. The van der Waals surface area contributed by atoms with Crippen LogP contribution in [0.2, 0.25) is 0 Å². The van der Waals surface area contributed by atoms with Gasteiger partial charge in [0.1, 0.15) is 5.60 Å². The zero-order valence-electron chi connectivity index (χ0n) is 7.76. The maximum Gasteiger partial charge on any atom is 0.418 e. The number of aliphatic hydroxyl groups is 1. The van der Waals surface area contributed by atoms with Gasteiger partial charge in [0.15, 0.2) is 0 Å². The fourth-order valence-electron chi connectivity index (χ4n) is 1.12. The molecule has 78 valence electrons. The summed E-state index contributed by atoms with van der Waals surface area (Å²) in [5.41, 5.74) is -2.84. The van der Waals surface area contributed by atoms with Gasteiger partial charge in [-0.3, -0.25) is 4.98 Å². The summed E-state index contributed by atoms with van der Waals surface area (Å²) < 4.78 is 37.3. The third-order valence-corrected chi connectivity index (χ3v) is 1.69. The van der Waals surface area contributed by atoms with Crippen LogP contribution in [-0.2, 0) is 11.8 Å². The highest BCUT2D eigenvalue weighted by atomic mass is 19.4. The molecule has 0 radical (unpaired) electrons. The molecule has 0 bridgehead atoms. The summed E-state index contributed by atoms with van der Waals surface area (Å²) in [7, 11) is 0. The van der Waals surface area contributed by atoms with E-state index in [0.29, 0.717) is 0 Å². The minimum Gasteiger partial charge on any atom is -0.384 e. The summed E-state index contributed by atoms with van der Waals surface area (Å²) in [6.07, 6.45) is -3.26. The van der Waals surface area contributed by atoms with Crippen molar-refractivity contribution in [2.45, 2.75) is 25.6 Å². The minimum absolute atomic E-state index is 0.354. The molecule has 0 aliphatic rings. The van der Waals surface area contributed by atoms with E-state index in [9.17, 15) is 18.3 Å². The Labute approximate surface area is 79.4 Å². The maximum atomic E-state index is 12.4. The van der Waals surface area contributed by atoms with Crippen molar-refractivity contribution in [1.82, 2.24) is 4.98 Å². The van der Waals surface area contributed by atoms with Crippen LogP contribution in [0, 0.1) is 0 Å². The lowest BCUT2D eigenvalue weighted by atomic mass is 9.99. The van der Waals surface area contributed by atoms with E-state index in [-0.39, 0.29) is 5.69 Å². The maximum absolute atomic E-state index is 12.4. The summed E-state index contributed by atoms with van der Waals surface area (Å²) >= 11 is 0. The topological polar surface area (TPSA) is 33.1 Å². The summed E-state index contributed by atoms with van der Waals surface area (Å²) in [5, 5.41) is 9.47. The monoisotopic (exact) mass is 205 g/mol. The Kier molecular flexibility index (Phi) is 2.54. The van der Waals surface area contributed by atoms with Gasteiger partial charge < -0.3 is 5.11 Å². The van der Waals surface area contributed by atoms with Gasteiger partial charge in [0.05, 0.1) is 11.3 Å². The largest absolute Gasteiger partial charge is 0.418 e. The molecular weight excluding hydrogens is 195 g/mol. The molecule has 14 heavy (non-hydrogen) atoms. The number of nitrogens with zero attached hydrogens (tertiary/aromatic N) is 1. The van der Waals surface area contributed by atoms with Crippen LogP contribution in [0.15, 0.2) is 18.3 Å². The second-order valence-electron chi connectivity index (χ2n) is 3.46. The molecule has 1 N–H and O–H groups in total. The third kappa shape index (κ3) is 2.23. The molecule has 1 aromatic rings. The number of rotatable bonds is 1. The Morgan fingerprint density at radius 3 is 2.21 bits per heavy atom. The zero-order chi connectivity index (χ0) is 11.0. The molecule has 1 aromatic heterocycles. The van der Waals surface area contributed by atoms with Crippen molar-refractivity contribution in [3.8, 4) is 0 Å². The number of alkyl halides is 3. The van der Waals surface area contributed by atoms with Crippen LogP contribution < -0.4 is 0 Å². The van der Waals surface area contributed by atoms with E-state index in [4.69, 9.17) is 0 Å². The van der Waals surface area contributed by atoms with E-state index in [0.717, 1.165) is 6.07 Å². The highest BCUT2D eigenvalue weighted by Gasteiger charge is 2.37. The number of halogens is 3. The molecule has 1 heterocycles. The zero-order valence-corrected chi connectivity index (χ0v) is 7.76. The summed E-state index contributed by atoms with van der Waals surface area (Å²) in [5.74, 6) is 0. The van der Waals surface area contributed by atoms with Crippen LogP contribution in [-0.4, -0.2) is 10.1 Å². The first-order valence-corrected chi connectivity index (χ1v) is 3.98. The molecule has 0 aliphatic heterocycles. The molecule has 5 heteroatoms. The van der Waals surface area contributed by atoms with Crippen molar-refractivity contribution in [2.75, 3.05) is 0 Å². The highest BCUT2D eigenvalue weighted by Crippen LogP contribution is 2.34. The number of hydrogen-bond acceptors (Lipinski definition) is 2. The highest BCUT2D eigenvalue weighted by molar-refractivity contribution is 5.26. The molecule has 0 aromatic carbocycles. The van der Waals surface area contributed by atoms with Crippen LogP contribution in [0.4, 0.5) is 13.2 Å². The van der Waals surface area contributed by atoms with Crippen LogP contribution >= 0.6 is 0 Å². The normalized spacial score (nSPS) is 13.0. The fourth-order valence-corrected chi connectivity index (χ4v) is 1.12. The predicted molar refractivity (Wildman–Crippen MR) is 44.5 cm³/mol. The van der Waals surface area contributed by atoms with E-state index in [1.54, 1.807) is 0 Å². The lowest BCUT2D eigenvalue weighted by Crippen LogP contribution is -2.23. The second-order valence-corrected chi connectivity index (χ2v) is 3.46. The van der Waals surface area contributed by atoms with Crippen LogP contribution in [0.1, 0.15) is 25.1 Å². The molecule has 0 amide bonds. The second kappa shape index (κ2) is 3.24. The first-order chi connectivity index (χ1) is 6.23. The quantitative estimate of drug-likeness (QED) is 0.763. The average molecular weight is 205 g/mol. The van der Waals surface area contributed by atoms with Crippen molar-refractivity contribution in [1.29, 1.82) is 0 Å². The molecule has 0 fully saturated rings. The Morgan fingerprint density at radius 2 is 1.86 bits per heavy atom. The predicted octanol–water partition coefficient (Wildman–Crippen LogP) is 2.33. The van der Waals surface area contributed by atoms with Crippen molar-refractivity contribution in [3.63, 3.8) is 0 Å².